The molecule has 4 aliphatic rings. The summed E-state index contributed by atoms with van der Waals surface area (Å²) >= 11 is 17.3. The van der Waals surface area contributed by atoms with Gasteiger partial charge in [-0.05, 0) is 0 Å². The number of H-pyrrole nitrogens is 2. The number of ether oxygens (including phenoxy) is 2. The zero-order chi connectivity index (χ0) is 35.3. The van der Waals surface area contributed by atoms with Crippen LogP contribution in [-0.2, 0) is 48.7 Å². The quantitative estimate of drug-likeness (QED) is 0.0915. The molecule has 6 heterocycles. The zero-order valence-corrected chi connectivity index (χ0v) is 34.5. The van der Waals surface area contributed by atoms with Crippen molar-refractivity contribution >= 4 is 124 Å². The maximum atomic E-state index is 11.9. The Bertz CT molecular complexity index is 1780. The molecule has 2 aromatic rings. The molecule has 0 saturated carbocycles. The minimum absolute atomic E-state index is 0. The third-order valence-electron chi connectivity index (χ3n) is 6.77. The minimum Gasteiger partial charge on any atom is -1.00 e. The monoisotopic (exact) mass is 1000 g/mol. The number of nitrogens with one attached hydrogen (secondary N) is 6. The van der Waals surface area contributed by atoms with Crippen molar-refractivity contribution in [2.75, 3.05) is 45.9 Å². The first-order valence-electron chi connectivity index (χ1n) is 13.1. The number of aromatic nitrogens is 4. The Morgan fingerprint density at radius 1 is 0.700 bits per heavy atom. The Labute approximate surface area is 336 Å². The van der Waals surface area contributed by atoms with Crippen molar-refractivity contribution in [1.82, 2.24) is 19.9 Å². The second-order valence-electron chi connectivity index (χ2n) is 10.1. The van der Waals surface area contributed by atoms with Crippen LogP contribution in [0.15, 0.2) is 29.2 Å². The van der Waals surface area contributed by atoms with Gasteiger partial charge in [-0.3, -0.25) is 28.6 Å². The normalized spacial score (nSPS) is 25.2. The van der Waals surface area contributed by atoms with Gasteiger partial charge in [0.25, 0.3) is 11.1 Å². The summed E-state index contributed by atoms with van der Waals surface area (Å²) in [6, 6.07) is -1.10. The molecule has 0 aromatic carbocycles. The Kier molecular flexibility index (Phi) is 14.8. The summed E-state index contributed by atoms with van der Waals surface area (Å²) in [4.78, 5) is 73.3. The van der Waals surface area contributed by atoms with Crippen LogP contribution in [0.2, 0.25) is 0 Å². The van der Waals surface area contributed by atoms with Crippen LogP contribution in [0.25, 0.3) is 0 Å². The molecule has 6 rings (SSSR count). The average molecular weight is 1000 g/mol. The van der Waals surface area contributed by atoms with Crippen LogP contribution >= 0.6 is 66.2 Å². The number of rotatable bonds is 6. The predicted molar refractivity (Wildman–Crippen MR) is 192 cm³/mol. The minimum atomic E-state index is -4.65. The van der Waals surface area contributed by atoms with E-state index < -0.39 is 76.7 Å². The fourth-order valence-corrected chi connectivity index (χ4v) is 6.60. The molecule has 0 fully saturated rings. The van der Waals surface area contributed by atoms with Gasteiger partial charge in [-0.2, -0.15) is 9.97 Å². The van der Waals surface area contributed by atoms with Crippen LogP contribution in [0.3, 0.4) is 0 Å². The number of hydrogen-bond donors (Lipinski definition) is 16. The second-order valence-corrected chi connectivity index (χ2v) is 14.5. The largest absolute Gasteiger partial charge is 2.00 e. The molecule has 0 aliphatic carbocycles. The fraction of sp³-hybridized carbons (Fsp3) is 0.400. The van der Waals surface area contributed by atoms with Crippen molar-refractivity contribution in [3.63, 3.8) is 0 Å². The molecule has 22 nitrogen and oxygen atoms in total. The number of nitrogens with zero attached hydrogens (tertiary/aromatic N) is 2. The predicted octanol–water partition coefficient (Wildman–Crippen LogP) is -1.23. The summed E-state index contributed by atoms with van der Waals surface area (Å²) in [6.07, 6.45) is -3.16. The molecule has 50 heavy (non-hydrogen) atoms. The van der Waals surface area contributed by atoms with E-state index in [9.17, 15) is 18.7 Å². The maximum Gasteiger partial charge on any atom is 2.00 e. The molecule has 4 aliphatic heterocycles. The van der Waals surface area contributed by atoms with Gasteiger partial charge in [0.15, 0.2) is 24.1 Å². The van der Waals surface area contributed by atoms with Gasteiger partial charge >= 0.3 is 38.7 Å². The molecule has 30 heteroatoms. The van der Waals surface area contributed by atoms with Crippen LogP contribution in [0.4, 0.5) is 34.9 Å². The van der Waals surface area contributed by atoms with Crippen molar-refractivity contribution in [2.24, 2.45) is 0 Å². The standard InChI is InChI=1S/2C10H14N5O6PS2.Mg.W.2H/c2*11-10-14-7-4(8(16)15-10)12-3-6(24)5(23)2(21-9(3)13-7)1-20-22(17,18)19;;;;/h2*2-3,9,12,23-24H,1H2,(H2,17,18,19)(H4,11,13,14,15,16);;;;/q;;+2;;2*-1/t2*2-,3+,9-;;;;/m00..../s1. The summed E-state index contributed by atoms with van der Waals surface area (Å²) < 4.78 is 42.0. The molecule has 0 unspecified atom stereocenters. The molecule has 2 aromatic heterocycles. The third-order valence-corrected chi connectivity index (χ3v) is 10.2. The Morgan fingerprint density at radius 2 is 1.04 bits per heavy atom. The topological polar surface area (TPSA) is 344 Å². The van der Waals surface area contributed by atoms with E-state index in [0.717, 1.165) is 0 Å². The number of anilines is 6. The summed E-state index contributed by atoms with van der Waals surface area (Å²) in [7, 11) is -9.31. The second kappa shape index (κ2) is 17.0. The number of thiol groups is 4. The van der Waals surface area contributed by atoms with Crippen molar-refractivity contribution in [3.8, 4) is 0 Å². The van der Waals surface area contributed by atoms with Crippen LogP contribution < -0.4 is 43.9 Å². The van der Waals surface area contributed by atoms with E-state index in [1.54, 1.807) is 0 Å². The molecule has 0 amide bonds. The summed E-state index contributed by atoms with van der Waals surface area (Å²) in [5, 5.41) is 11.7. The third kappa shape index (κ3) is 10.2. The first kappa shape index (κ1) is 43.4. The first-order chi connectivity index (χ1) is 22.3. The molecule has 274 valence electrons. The van der Waals surface area contributed by atoms with Crippen molar-refractivity contribution < 1.29 is 71.1 Å². The van der Waals surface area contributed by atoms with Crippen molar-refractivity contribution in [3.05, 3.63) is 40.3 Å². The van der Waals surface area contributed by atoms with E-state index in [0.29, 0.717) is 19.6 Å². The number of nitrogen functional groups attached to an aromatic ring is 2. The Morgan fingerprint density at radius 3 is 1.36 bits per heavy atom. The van der Waals surface area contributed by atoms with E-state index in [1.807, 2.05) is 0 Å². The van der Waals surface area contributed by atoms with Crippen LogP contribution in [0, 0.1) is 0 Å². The molecular formula is C20H30MgN10O12P2S4W. The molecular weight excluding hydrogens is 971 g/mol. The average Bonchev–Trinajstić information content (AvgIpc) is 2.97. The number of nitrogens with two attached hydrogens (primary N) is 2. The molecule has 0 spiro atoms. The summed E-state index contributed by atoms with van der Waals surface area (Å²) in [5.41, 5.74) is 10.4. The summed E-state index contributed by atoms with van der Waals surface area (Å²) in [6.45, 7) is -0.842. The van der Waals surface area contributed by atoms with E-state index in [4.69, 9.17) is 40.5 Å². The van der Waals surface area contributed by atoms with Gasteiger partial charge in [0, 0.05) is 40.7 Å². The smallest absolute Gasteiger partial charge is 1.00 e. The van der Waals surface area contributed by atoms with E-state index >= 15 is 0 Å². The number of aromatic amines is 2. The summed E-state index contributed by atoms with van der Waals surface area (Å²) in [5.74, 6) is 0.243. The van der Waals surface area contributed by atoms with E-state index in [1.165, 1.54) is 0 Å². The number of fused-ring (bicyclic) bond motifs is 4. The first-order valence-corrected chi connectivity index (χ1v) is 18.0. The molecule has 6 atom stereocenters. The van der Waals surface area contributed by atoms with Crippen LogP contribution in [-0.4, -0.2) is 113 Å². The number of hydrogen-bond acceptors (Lipinski definition) is 20. The van der Waals surface area contributed by atoms with Crippen LogP contribution in [0.1, 0.15) is 2.85 Å². The van der Waals surface area contributed by atoms with Gasteiger partial charge < -0.3 is 64.6 Å². The van der Waals surface area contributed by atoms with E-state index in [-0.39, 0.29) is 81.9 Å². The number of phosphoric acid groups is 2. The van der Waals surface area contributed by atoms with E-state index in [2.05, 4.69) is 101 Å². The SMILES string of the molecule is Nc1nc2c(c(=O)[nH]1)N[C@@H]1C(S)=C(S)[C@H](COP(=O)(O)O)O[C@@H]1N2.Nc1nc2c(c(=O)[nH]1)N[C@@H]1C(S)=C(S)[C@H](COP(=O)(O)O)O[C@@H]1N2.[H-].[H-].[Mg+2].[W]. The molecule has 14 N–H and O–H groups in total. The zero-order valence-electron chi connectivity index (χ0n) is 26.8. The number of phosphoric ester groups is 2. The molecule has 0 radical (unpaired) electrons. The maximum absolute atomic E-state index is 11.9. The van der Waals surface area contributed by atoms with Gasteiger partial charge in [0.05, 0.1) is 13.2 Å². The van der Waals surface area contributed by atoms with Gasteiger partial charge in [0.2, 0.25) is 11.9 Å². The molecule has 0 saturated heterocycles. The van der Waals surface area contributed by atoms with Gasteiger partial charge in [-0.1, -0.05) is 0 Å². The van der Waals surface area contributed by atoms with Gasteiger partial charge in [-0.15, -0.1) is 50.5 Å². The van der Waals surface area contributed by atoms with Gasteiger partial charge in [-0.25, -0.2) is 9.13 Å². The van der Waals surface area contributed by atoms with Crippen LogP contribution in [0.5, 0.6) is 0 Å². The molecule has 0 bridgehead atoms. The van der Waals surface area contributed by atoms with Crippen molar-refractivity contribution in [2.45, 2.75) is 36.7 Å². The Hall–Kier alpha value is -0.965. The Balaban J connectivity index is 0.000000483. The fourth-order valence-electron chi connectivity index (χ4n) is 4.70. The van der Waals surface area contributed by atoms with Gasteiger partial charge in [0.1, 0.15) is 35.7 Å². The van der Waals surface area contributed by atoms with Crippen molar-refractivity contribution in [1.29, 1.82) is 0 Å².